The number of rotatable bonds is 5. The Morgan fingerprint density at radius 1 is 1.50 bits per heavy atom. The Kier molecular flexibility index (Phi) is 4.97. The molecule has 3 N–H and O–H groups in total. The summed E-state index contributed by atoms with van der Waals surface area (Å²) < 4.78 is 49.2. The summed E-state index contributed by atoms with van der Waals surface area (Å²) in [6.45, 7) is -0.990. The third-order valence-electron chi connectivity index (χ3n) is 1.93. The summed E-state index contributed by atoms with van der Waals surface area (Å²) in [5, 5.41) is -0.100. The van der Waals surface area contributed by atoms with E-state index in [1.807, 2.05) is 0 Å². The van der Waals surface area contributed by atoms with Crippen LogP contribution in [0.25, 0.3) is 0 Å². The van der Waals surface area contributed by atoms with Crippen molar-refractivity contribution < 1.29 is 17.2 Å². The molecule has 0 bridgehead atoms. The van der Waals surface area contributed by atoms with E-state index in [0.717, 1.165) is 6.07 Å². The molecule has 4 nitrogen and oxygen atoms in total. The number of halogens is 3. The molecule has 0 saturated carbocycles. The van der Waals surface area contributed by atoms with E-state index in [2.05, 4.69) is 0 Å². The van der Waals surface area contributed by atoms with Crippen LogP contribution in [0.15, 0.2) is 23.1 Å². The molecule has 0 heterocycles. The summed E-state index contributed by atoms with van der Waals surface area (Å²) >= 11 is 10.4. The summed E-state index contributed by atoms with van der Waals surface area (Å²) in [4.78, 5) is -0.355. The first-order valence-corrected chi connectivity index (χ1v) is 6.88. The van der Waals surface area contributed by atoms with Crippen LogP contribution in [0.3, 0.4) is 0 Å². The van der Waals surface area contributed by atoms with Crippen molar-refractivity contribution in [2.45, 2.75) is 11.3 Å². The van der Waals surface area contributed by atoms with Gasteiger partial charge < -0.3 is 5.73 Å². The zero-order chi connectivity index (χ0) is 13.9. The molecule has 18 heavy (non-hydrogen) atoms. The summed E-state index contributed by atoms with van der Waals surface area (Å²) in [6.07, 6.45) is -2.79. The minimum Gasteiger partial charge on any atom is -0.389 e. The highest BCUT2D eigenvalue weighted by Gasteiger charge is 2.20. The Labute approximate surface area is 113 Å². The molecule has 0 aliphatic rings. The molecular weight excluding hydrogens is 306 g/mol. The molecule has 0 fully saturated rings. The largest absolute Gasteiger partial charge is 0.389 e. The maximum absolute atomic E-state index is 12.0. The van der Waals surface area contributed by atoms with Gasteiger partial charge in [0.25, 0.3) is 6.43 Å². The highest BCUT2D eigenvalue weighted by Crippen LogP contribution is 2.22. The van der Waals surface area contributed by atoms with E-state index in [9.17, 15) is 17.2 Å². The Morgan fingerprint density at radius 3 is 2.61 bits per heavy atom. The lowest BCUT2D eigenvalue weighted by molar-refractivity contribution is 0.153. The molecule has 1 aromatic rings. The second kappa shape index (κ2) is 5.87. The quantitative estimate of drug-likeness (QED) is 0.808. The van der Waals surface area contributed by atoms with Crippen molar-refractivity contribution in [1.82, 2.24) is 4.72 Å². The van der Waals surface area contributed by atoms with Gasteiger partial charge in [-0.3, -0.25) is 0 Å². The normalized spacial score (nSPS) is 11.8. The van der Waals surface area contributed by atoms with Gasteiger partial charge in [-0.1, -0.05) is 29.9 Å². The van der Waals surface area contributed by atoms with Gasteiger partial charge in [-0.15, -0.1) is 0 Å². The third kappa shape index (κ3) is 3.84. The van der Waals surface area contributed by atoms with Gasteiger partial charge in [-0.05, 0) is 12.1 Å². The smallest absolute Gasteiger partial charge is 0.251 e. The molecule has 0 unspecified atom stereocenters. The average molecular weight is 315 g/mol. The molecule has 0 amide bonds. The predicted octanol–water partition coefficient (Wildman–Crippen LogP) is 1.52. The molecule has 9 heteroatoms. The molecule has 0 atom stereocenters. The van der Waals surface area contributed by atoms with Crippen LogP contribution in [0.2, 0.25) is 5.02 Å². The predicted molar refractivity (Wildman–Crippen MR) is 68.5 cm³/mol. The SMILES string of the molecule is NC(=S)c1ccc(Cl)c(S(=O)(=O)NCC(F)F)c1. The van der Waals surface area contributed by atoms with Crippen molar-refractivity contribution in [3.8, 4) is 0 Å². The van der Waals surface area contributed by atoms with Crippen molar-refractivity contribution in [2.24, 2.45) is 5.73 Å². The molecule has 0 spiro atoms. The minimum atomic E-state index is -4.12. The number of sulfonamides is 1. The van der Waals surface area contributed by atoms with Crippen LogP contribution in [0.4, 0.5) is 8.78 Å². The molecule has 1 aromatic carbocycles. The van der Waals surface area contributed by atoms with Crippen LogP contribution in [0.1, 0.15) is 5.56 Å². The van der Waals surface area contributed by atoms with Gasteiger partial charge in [-0.2, -0.15) is 0 Å². The number of nitrogens with one attached hydrogen (secondary N) is 1. The van der Waals surface area contributed by atoms with Gasteiger partial charge in [0.15, 0.2) is 0 Å². The number of benzene rings is 1. The lowest BCUT2D eigenvalue weighted by Crippen LogP contribution is -2.29. The highest BCUT2D eigenvalue weighted by molar-refractivity contribution is 7.89. The maximum atomic E-state index is 12.0. The zero-order valence-electron chi connectivity index (χ0n) is 8.86. The molecule has 0 saturated heterocycles. The van der Waals surface area contributed by atoms with E-state index < -0.39 is 23.0 Å². The topological polar surface area (TPSA) is 72.2 Å². The maximum Gasteiger partial charge on any atom is 0.251 e. The first-order valence-electron chi connectivity index (χ1n) is 4.61. The lowest BCUT2D eigenvalue weighted by atomic mass is 10.2. The van der Waals surface area contributed by atoms with Gasteiger partial charge >= 0.3 is 0 Å². The van der Waals surface area contributed by atoms with Crippen LogP contribution in [-0.4, -0.2) is 26.4 Å². The first-order chi connectivity index (χ1) is 8.24. The van der Waals surface area contributed by atoms with Crippen LogP contribution in [0, 0.1) is 0 Å². The van der Waals surface area contributed by atoms with E-state index in [1.165, 1.54) is 12.1 Å². The van der Waals surface area contributed by atoms with Crippen molar-refractivity contribution in [3.63, 3.8) is 0 Å². The Hall–Kier alpha value is -0.830. The van der Waals surface area contributed by atoms with E-state index in [1.54, 1.807) is 4.72 Å². The van der Waals surface area contributed by atoms with E-state index in [4.69, 9.17) is 29.6 Å². The van der Waals surface area contributed by atoms with E-state index in [0.29, 0.717) is 0 Å². The fourth-order valence-electron chi connectivity index (χ4n) is 1.11. The summed E-state index contributed by atoms with van der Waals surface area (Å²) in [6, 6.07) is 3.86. The molecule has 100 valence electrons. The molecule has 0 radical (unpaired) electrons. The molecular formula is C9H9ClF2N2O2S2. The second-order valence-electron chi connectivity index (χ2n) is 3.25. The number of nitrogens with two attached hydrogens (primary N) is 1. The lowest BCUT2D eigenvalue weighted by Gasteiger charge is -2.09. The standard InChI is InChI=1S/C9H9ClF2N2O2S2/c10-6-2-1-5(9(13)17)3-7(6)18(15,16)14-4-8(11)12/h1-3,8,14H,4H2,(H2,13,17). The fourth-order valence-corrected chi connectivity index (χ4v) is 2.77. The number of hydrogen-bond acceptors (Lipinski definition) is 3. The van der Waals surface area contributed by atoms with Gasteiger partial charge in [0, 0.05) is 5.56 Å². The third-order valence-corrected chi connectivity index (χ3v) is 4.07. The van der Waals surface area contributed by atoms with Crippen molar-refractivity contribution in [2.75, 3.05) is 6.54 Å². The summed E-state index contributed by atoms with van der Waals surface area (Å²) in [5.41, 5.74) is 5.64. The van der Waals surface area contributed by atoms with Gasteiger partial charge in [0.1, 0.15) is 9.88 Å². The molecule has 1 rings (SSSR count). The van der Waals surface area contributed by atoms with E-state index in [-0.39, 0.29) is 20.5 Å². The van der Waals surface area contributed by atoms with Crippen molar-refractivity contribution in [1.29, 1.82) is 0 Å². The first kappa shape index (κ1) is 15.2. The Bertz CT molecular complexity index is 564. The van der Waals surface area contributed by atoms with Crippen LogP contribution < -0.4 is 10.5 Å². The van der Waals surface area contributed by atoms with E-state index >= 15 is 0 Å². The summed E-state index contributed by atoms with van der Waals surface area (Å²) in [5.74, 6) is 0. The number of hydrogen-bond donors (Lipinski definition) is 2. The number of thiocarbonyl (C=S) groups is 1. The van der Waals surface area contributed by atoms with Crippen LogP contribution >= 0.6 is 23.8 Å². The van der Waals surface area contributed by atoms with Crippen molar-refractivity contribution in [3.05, 3.63) is 28.8 Å². The number of alkyl halides is 2. The van der Waals surface area contributed by atoms with Gasteiger partial charge in [0.2, 0.25) is 10.0 Å². The monoisotopic (exact) mass is 314 g/mol. The minimum absolute atomic E-state index is 0.0167. The van der Waals surface area contributed by atoms with Crippen molar-refractivity contribution >= 4 is 38.8 Å². The average Bonchev–Trinajstić information content (AvgIpc) is 2.26. The molecule has 0 aliphatic heterocycles. The highest BCUT2D eigenvalue weighted by atomic mass is 35.5. The van der Waals surface area contributed by atoms with Gasteiger partial charge in [-0.25, -0.2) is 21.9 Å². The Balaban J connectivity index is 3.15. The zero-order valence-corrected chi connectivity index (χ0v) is 11.2. The van der Waals surface area contributed by atoms with Crippen LogP contribution in [0.5, 0.6) is 0 Å². The second-order valence-corrected chi connectivity index (χ2v) is 5.83. The van der Waals surface area contributed by atoms with Crippen LogP contribution in [-0.2, 0) is 10.0 Å². The summed E-state index contributed by atoms with van der Waals surface area (Å²) in [7, 11) is -4.12. The van der Waals surface area contributed by atoms with Gasteiger partial charge in [0.05, 0.1) is 11.6 Å². The molecule has 0 aliphatic carbocycles. The fraction of sp³-hybridized carbons (Fsp3) is 0.222. The Morgan fingerprint density at radius 2 is 2.11 bits per heavy atom. The molecule has 0 aromatic heterocycles.